The molecule has 0 aliphatic rings. The third kappa shape index (κ3) is 18.7. The van der Waals surface area contributed by atoms with Crippen LogP contribution in [0.1, 0.15) is 69.4 Å². The van der Waals surface area contributed by atoms with Crippen molar-refractivity contribution in [2.24, 2.45) is 0 Å². The Hall–Kier alpha value is -18.6. The van der Waals surface area contributed by atoms with Crippen molar-refractivity contribution in [3.63, 3.8) is 0 Å². The lowest BCUT2D eigenvalue weighted by Gasteiger charge is -2.12. The van der Waals surface area contributed by atoms with Crippen LogP contribution in [0.25, 0.3) is 218 Å². The van der Waals surface area contributed by atoms with E-state index in [1.165, 1.54) is 66.2 Å². The zero-order valence-electron chi connectivity index (χ0n) is 80.4. The zero-order valence-corrected chi connectivity index (χ0v) is 80.4. The van der Waals surface area contributed by atoms with Gasteiger partial charge >= 0.3 is 0 Å². The summed E-state index contributed by atoms with van der Waals surface area (Å²) in [7, 11) is 0. The second kappa shape index (κ2) is 42.3. The van der Waals surface area contributed by atoms with Gasteiger partial charge in [0.15, 0.2) is 52.4 Å². The molecular weight excluding hydrogens is 1730 g/mol. The average Bonchev–Trinajstić information content (AvgIpc) is 1.62. The lowest BCUT2D eigenvalue weighted by atomic mass is 9.96. The Balaban J connectivity index is 0.000000132. The predicted octanol–water partition coefficient (Wildman–Crippen LogP) is 32.7. The SMILES string of the molecule is CC.CC.CC.Cc1ccccc1-n1c2ccccc2c2cc(-c3ccc(-c4nc(-c5ccccc5)nc(-c5ccccc5)n4)c(C#N)c3)ccc21.Cc1ccccc1-n1c2ccccc2c2cc(-c3ccc(-c4nc(-c5ccccc5)nc(-c5ccccc5)n4)cc3)ccc21.Cc1ccccc1-n1c2ccccc2c2cc(-c3ccc(-c4nc(-c5ccccc5)nc(-c5ccccc5)n4)cc3C#N)ccc21. The Morgan fingerprint density at radius 1 is 0.169 bits per heavy atom. The molecule has 14 heteroatoms. The molecule has 0 N–H and O–H groups in total. The molecule has 682 valence electrons. The van der Waals surface area contributed by atoms with Crippen molar-refractivity contribution in [3.8, 4) is 165 Å². The summed E-state index contributed by atoms with van der Waals surface area (Å²) in [4.78, 5) is 43.6. The van der Waals surface area contributed by atoms with Crippen molar-refractivity contribution in [2.45, 2.75) is 62.3 Å². The van der Waals surface area contributed by atoms with E-state index < -0.39 is 0 Å². The summed E-state index contributed by atoms with van der Waals surface area (Å²) in [5.41, 5.74) is 29.3. The van der Waals surface area contributed by atoms with Crippen LogP contribution in [0, 0.1) is 43.4 Å². The summed E-state index contributed by atoms with van der Waals surface area (Å²) in [6, 6.07) is 156. The molecule has 0 spiro atoms. The van der Waals surface area contributed by atoms with Crippen LogP contribution in [-0.2, 0) is 0 Å². The molecule has 0 fully saturated rings. The van der Waals surface area contributed by atoms with E-state index in [4.69, 9.17) is 44.9 Å². The van der Waals surface area contributed by atoms with Crippen LogP contribution in [-0.4, -0.2) is 58.6 Å². The topological polar surface area (TPSA) is 178 Å². The van der Waals surface area contributed by atoms with Crippen molar-refractivity contribution in [2.75, 3.05) is 0 Å². The first kappa shape index (κ1) is 92.4. The number of rotatable bonds is 15. The van der Waals surface area contributed by atoms with Crippen molar-refractivity contribution in [1.29, 1.82) is 10.5 Å². The lowest BCUT2D eigenvalue weighted by Crippen LogP contribution is -2.01. The molecule has 0 aliphatic carbocycles. The maximum Gasteiger partial charge on any atom is 0.165 e. The van der Waals surface area contributed by atoms with E-state index in [1.54, 1.807) is 0 Å². The summed E-state index contributed by atoms with van der Waals surface area (Å²) >= 11 is 0. The van der Waals surface area contributed by atoms with E-state index in [2.05, 4.69) is 271 Å². The Kier molecular flexibility index (Phi) is 27.6. The molecule has 24 aromatic rings. The predicted molar refractivity (Wildman–Crippen MR) is 585 cm³/mol. The summed E-state index contributed by atoms with van der Waals surface area (Å²) < 4.78 is 7.04. The third-order valence-corrected chi connectivity index (χ3v) is 25.1. The van der Waals surface area contributed by atoms with Crippen molar-refractivity contribution in [3.05, 3.63) is 471 Å². The van der Waals surface area contributed by atoms with Crippen molar-refractivity contribution < 1.29 is 0 Å². The number of fused-ring (bicyclic) bond motifs is 9. The molecule has 0 amide bonds. The van der Waals surface area contributed by atoms with E-state index in [9.17, 15) is 10.5 Å². The highest BCUT2D eigenvalue weighted by molar-refractivity contribution is 6.13. The second-order valence-electron chi connectivity index (χ2n) is 33.5. The molecule has 142 heavy (non-hydrogen) atoms. The molecule has 18 aromatic carbocycles. The number of hydrogen-bond donors (Lipinski definition) is 0. The van der Waals surface area contributed by atoms with Gasteiger partial charge in [-0.15, -0.1) is 0 Å². The number of nitrogens with zero attached hydrogens (tertiary/aromatic N) is 14. The Morgan fingerprint density at radius 2 is 0.380 bits per heavy atom. The molecule has 6 aromatic heterocycles. The first-order valence-corrected chi connectivity index (χ1v) is 48.2. The molecule has 14 nitrogen and oxygen atoms in total. The van der Waals surface area contributed by atoms with E-state index in [0.29, 0.717) is 69.1 Å². The maximum atomic E-state index is 10.4. The standard InChI is InChI=1S/2C41H27N5.C40H28N4.3C2H6/c1-27-12-8-10-18-36(27)46-37-19-11-9-17-34(37)35-25-30(21-23-38(35)46)33-22-20-31(24-32(33)26-42)41-44-39(28-13-4-2-5-14-28)43-40(45-41)29-15-6-3-7-16-29;1-27-12-8-10-18-36(27)46-37-19-11-9-17-34(37)35-25-31(21-23-38(35)46)30-20-22-33(32(24-30)26-42)41-44-39(28-13-4-2-5-14-28)43-40(45-41)29-15-6-3-7-16-29;1-27-12-8-10-18-35(27)44-36-19-11-9-17-33(36)34-26-32(24-25-37(34)44)28-20-22-31(23-21-28)40-42-38(29-13-4-2-5-14-29)41-39(43-40)30-15-6-3-7-16-30;3*1-2/h2*2-25H,1H3;2-26H,1H3;3*1-2H3. The minimum Gasteiger partial charge on any atom is -0.309 e. The first-order valence-electron chi connectivity index (χ1n) is 48.2. The van der Waals surface area contributed by atoms with E-state index in [0.717, 1.165) is 111 Å². The monoisotopic (exact) mass is 1830 g/mol. The van der Waals surface area contributed by atoms with Gasteiger partial charge in [0.2, 0.25) is 0 Å². The van der Waals surface area contributed by atoms with Gasteiger partial charge in [0.25, 0.3) is 0 Å². The fourth-order valence-electron chi connectivity index (χ4n) is 18.3. The highest BCUT2D eigenvalue weighted by Gasteiger charge is 2.24. The van der Waals surface area contributed by atoms with Crippen LogP contribution >= 0.6 is 0 Å². The van der Waals surface area contributed by atoms with Crippen molar-refractivity contribution >= 4 is 65.4 Å². The molecular formula is C128H100N14. The van der Waals surface area contributed by atoms with E-state index >= 15 is 0 Å². The third-order valence-electron chi connectivity index (χ3n) is 25.1. The van der Waals surface area contributed by atoms with Gasteiger partial charge in [0.05, 0.1) is 56.4 Å². The second-order valence-corrected chi connectivity index (χ2v) is 33.5. The molecule has 0 atom stereocenters. The summed E-state index contributed by atoms with van der Waals surface area (Å²) in [5.74, 6) is 5.26. The molecule has 0 bridgehead atoms. The van der Waals surface area contributed by atoms with Gasteiger partial charge in [-0.1, -0.05) is 393 Å². The molecule has 0 radical (unpaired) electrons. The zero-order chi connectivity index (χ0) is 97.5. The smallest absolute Gasteiger partial charge is 0.165 e. The summed E-state index contributed by atoms with van der Waals surface area (Å²) in [6.45, 7) is 18.5. The number of aryl methyl sites for hydroxylation is 3. The molecule has 6 heterocycles. The number of nitriles is 2. The molecule has 0 aliphatic heterocycles. The van der Waals surface area contributed by atoms with Gasteiger partial charge < -0.3 is 13.7 Å². The van der Waals surface area contributed by atoms with E-state index in [1.807, 2.05) is 260 Å². The first-order chi connectivity index (χ1) is 70.1. The average molecular weight is 1830 g/mol. The highest BCUT2D eigenvalue weighted by atomic mass is 15.1. The van der Waals surface area contributed by atoms with Crippen LogP contribution in [0.15, 0.2) is 443 Å². The lowest BCUT2D eigenvalue weighted by molar-refractivity contribution is 1.07. The Bertz CT molecular complexity index is 8590. The van der Waals surface area contributed by atoms with Crippen LogP contribution in [0.4, 0.5) is 0 Å². The minimum atomic E-state index is 0.465. The van der Waals surface area contributed by atoms with Crippen LogP contribution in [0.3, 0.4) is 0 Å². The maximum absolute atomic E-state index is 10.4. The number of para-hydroxylation sites is 6. The number of benzene rings is 18. The fraction of sp³-hybridized carbons (Fsp3) is 0.0703. The largest absolute Gasteiger partial charge is 0.309 e. The molecule has 24 rings (SSSR count). The van der Waals surface area contributed by atoms with Gasteiger partial charge in [0.1, 0.15) is 0 Å². The fourth-order valence-corrected chi connectivity index (χ4v) is 18.3. The summed E-state index contributed by atoms with van der Waals surface area (Å²) in [6.07, 6.45) is 0. The highest BCUT2D eigenvalue weighted by Crippen LogP contribution is 2.43. The van der Waals surface area contributed by atoms with Crippen molar-refractivity contribution in [1.82, 2.24) is 58.6 Å². The van der Waals surface area contributed by atoms with Gasteiger partial charge in [-0.3, -0.25) is 0 Å². The normalized spacial score (nSPS) is 10.8. The van der Waals surface area contributed by atoms with Crippen LogP contribution in [0.2, 0.25) is 0 Å². The number of aromatic nitrogens is 12. The minimum absolute atomic E-state index is 0.465. The molecule has 0 saturated carbocycles. The quantitative estimate of drug-likeness (QED) is 0.0953. The Morgan fingerprint density at radius 3 is 0.711 bits per heavy atom. The van der Waals surface area contributed by atoms with Gasteiger partial charge in [-0.2, -0.15) is 10.5 Å². The molecule has 0 unspecified atom stereocenters. The molecule has 0 saturated heterocycles. The van der Waals surface area contributed by atoms with Gasteiger partial charge in [-0.05, 0) is 162 Å². The summed E-state index contributed by atoms with van der Waals surface area (Å²) in [5, 5.41) is 27.9. The van der Waals surface area contributed by atoms with Crippen LogP contribution < -0.4 is 0 Å². The van der Waals surface area contributed by atoms with Gasteiger partial charge in [-0.25, -0.2) is 44.9 Å². The van der Waals surface area contributed by atoms with Crippen LogP contribution in [0.5, 0.6) is 0 Å². The van der Waals surface area contributed by atoms with Gasteiger partial charge in [0, 0.05) is 99.5 Å². The number of hydrogen-bond acceptors (Lipinski definition) is 11. The Labute approximate surface area is 827 Å². The van der Waals surface area contributed by atoms with E-state index in [-0.39, 0.29) is 0 Å².